The number of hydrogen-bond donors (Lipinski definition) is 0. The van der Waals surface area contributed by atoms with Gasteiger partial charge in [0.05, 0.1) is 17.3 Å². The van der Waals surface area contributed by atoms with Crippen LogP contribution in [0.4, 0.5) is 23.4 Å². The molecule has 14 heteroatoms. The van der Waals surface area contributed by atoms with Gasteiger partial charge < -0.3 is 9.32 Å². The molecule has 5 rings (SSSR count). The van der Waals surface area contributed by atoms with E-state index in [1.54, 1.807) is 26.0 Å². The number of nitrogens with zero attached hydrogens (tertiary/aromatic N) is 8. The van der Waals surface area contributed by atoms with E-state index in [4.69, 9.17) is 4.42 Å². The van der Waals surface area contributed by atoms with Crippen LogP contribution in [0.3, 0.4) is 0 Å². The highest BCUT2D eigenvalue weighted by molar-refractivity contribution is 5.69. The summed E-state index contributed by atoms with van der Waals surface area (Å²) < 4.78 is 60.5. The second-order valence-electron chi connectivity index (χ2n) is 9.40. The Morgan fingerprint density at radius 2 is 1.87 bits per heavy atom. The van der Waals surface area contributed by atoms with Gasteiger partial charge in [-0.25, -0.2) is 23.4 Å². The van der Waals surface area contributed by atoms with Crippen molar-refractivity contribution in [2.75, 3.05) is 18.0 Å². The molecule has 39 heavy (non-hydrogen) atoms. The van der Waals surface area contributed by atoms with Crippen molar-refractivity contribution in [1.82, 2.24) is 29.5 Å². The Morgan fingerprint density at radius 3 is 2.46 bits per heavy atom. The maximum Gasteiger partial charge on any atom is 0.470 e. The summed E-state index contributed by atoms with van der Waals surface area (Å²) in [7, 11) is 0. The molecular formula is C25H22F4N8O2. The van der Waals surface area contributed by atoms with E-state index in [0.717, 1.165) is 4.57 Å². The highest BCUT2D eigenvalue weighted by Crippen LogP contribution is 2.34. The molecule has 202 valence electrons. The van der Waals surface area contributed by atoms with Gasteiger partial charge in [-0.3, -0.25) is 0 Å². The summed E-state index contributed by atoms with van der Waals surface area (Å²) in [5, 5.41) is 20.4. The summed E-state index contributed by atoms with van der Waals surface area (Å²) in [4.78, 5) is 18.8. The molecular weight excluding hydrogens is 520 g/mol. The van der Waals surface area contributed by atoms with Crippen LogP contribution in [0.2, 0.25) is 0 Å². The Morgan fingerprint density at radius 1 is 1.13 bits per heavy atom. The lowest BCUT2D eigenvalue weighted by atomic mass is 9.96. The van der Waals surface area contributed by atoms with Gasteiger partial charge >= 0.3 is 17.8 Å². The van der Waals surface area contributed by atoms with Crippen molar-refractivity contribution < 1.29 is 22.0 Å². The molecule has 0 amide bonds. The van der Waals surface area contributed by atoms with Crippen LogP contribution in [0.15, 0.2) is 46.0 Å². The largest absolute Gasteiger partial charge is 0.470 e. The van der Waals surface area contributed by atoms with Crippen molar-refractivity contribution in [1.29, 1.82) is 5.26 Å². The zero-order valence-electron chi connectivity index (χ0n) is 20.9. The average molecular weight is 542 g/mol. The number of piperidine rings is 1. The normalized spacial score (nSPS) is 14.7. The fraction of sp³-hybridized carbons (Fsp3) is 0.360. The summed E-state index contributed by atoms with van der Waals surface area (Å²) >= 11 is 0. The van der Waals surface area contributed by atoms with E-state index in [-0.39, 0.29) is 29.1 Å². The van der Waals surface area contributed by atoms with E-state index in [1.807, 2.05) is 4.90 Å². The van der Waals surface area contributed by atoms with E-state index < -0.39 is 23.6 Å². The molecule has 1 saturated heterocycles. The van der Waals surface area contributed by atoms with Crippen molar-refractivity contribution in [3.63, 3.8) is 0 Å². The number of rotatable bonds is 5. The van der Waals surface area contributed by atoms with Crippen molar-refractivity contribution in [2.45, 2.75) is 44.8 Å². The Hall–Kier alpha value is -4.54. The van der Waals surface area contributed by atoms with Crippen LogP contribution in [-0.2, 0) is 6.18 Å². The predicted octanol–water partition coefficient (Wildman–Crippen LogP) is 4.47. The number of aromatic nitrogens is 6. The number of nitriles is 1. The molecule has 0 unspecified atom stereocenters. The molecule has 1 aliphatic rings. The van der Waals surface area contributed by atoms with Crippen molar-refractivity contribution >= 4 is 5.82 Å². The van der Waals surface area contributed by atoms with E-state index in [1.165, 1.54) is 29.3 Å². The molecule has 0 spiro atoms. The Bertz CT molecular complexity index is 1610. The SMILES string of the molecule is CC(C)n1ncn(-c2ccc(-c3cnc(N4CCC(c5nnc(C(F)(F)F)o5)CC4)c(C#N)c3)cc2F)c1=O. The van der Waals surface area contributed by atoms with Crippen LogP contribution in [0.25, 0.3) is 16.8 Å². The highest BCUT2D eigenvalue weighted by atomic mass is 19.4. The first-order chi connectivity index (χ1) is 18.6. The summed E-state index contributed by atoms with van der Waals surface area (Å²) in [5.41, 5.74) is 0.824. The maximum atomic E-state index is 15.0. The van der Waals surface area contributed by atoms with Crippen LogP contribution in [0.1, 0.15) is 56.0 Å². The molecule has 1 aromatic carbocycles. The summed E-state index contributed by atoms with van der Waals surface area (Å²) in [6, 6.07) is 7.89. The molecule has 4 aromatic rings. The highest BCUT2D eigenvalue weighted by Gasteiger charge is 2.39. The van der Waals surface area contributed by atoms with Gasteiger partial charge in [0.25, 0.3) is 0 Å². The fourth-order valence-corrected chi connectivity index (χ4v) is 4.52. The van der Waals surface area contributed by atoms with Gasteiger partial charge in [0.15, 0.2) is 0 Å². The van der Waals surface area contributed by atoms with Crippen LogP contribution in [-0.4, -0.2) is 42.6 Å². The van der Waals surface area contributed by atoms with Crippen molar-refractivity contribution in [2.24, 2.45) is 0 Å². The average Bonchev–Trinajstić information content (AvgIpc) is 3.56. The van der Waals surface area contributed by atoms with Gasteiger partial charge in [-0.05, 0) is 50.5 Å². The molecule has 0 bridgehead atoms. The van der Waals surface area contributed by atoms with Gasteiger partial charge in [0.2, 0.25) is 5.89 Å². The van der Waals surface area contributed by atoms with E-state index >= 15 is 4.39 Å². The number of anilines is 1. The van der Waals surface area contributed by atoms with Gasteiger partial charge in [-0.15, -0.1) is 10.2 Å². The smallest absolute Gasteiger partial charge is 0.417 e. The quantitative estimate of drug-likeness (QED) is 0.339. The van der Waals surface area contributed by atoms with Crippen LogP contribution < -0.4 is 10.6 Å². The summed E-state index contributed by atoms with van der Waals surface area (Å²) in [6.07, 6.45) is -1.04. The molecule has 10 nitrogen and oxygen atoms in total. The third-order valence-corrected chi connectivity index (χ3v) is 6.54. The lowest BCUT2D eigenvalue weighted by molar-refractivity contribution is -0.157. The Labute approximate surface area is 219 Å². The molecule has 3 aromatic heterocycles. The third-order valence-electron chi connectivity index (χ3n) is 6.54. The minimum atomic E-state index is -4.70. The van der Waals surface area contributed by atoms with Gasteiger partial charge in [0.1, 0.15) is 24.0 Å². The number of pyridine rings is 1. The molecule has 4 heterocycles. The van der Waals surface area contributed by atoms with E-state index in [0.29, 0.717) is 42.9 Å². The second kappa shape index (κ2) is 9.97. The number of benzene rings is 1. The maximum absolute atomic E-state index is 15.0. The molecule has 1 fully saturated rings. The Balaban J connectivity index is 1.33. The number of hydrogen-bond acceptors (Lipinski definition) is 8. The first-order valence-electron chi connectivity index (χ1n) is 12.1. The van der Waals surface area contributed by atoms with E-state index in [2.05, 4.69) is 26.3 Å². The standard InChI is InChI=1S/C25H22F4N8O2/c1-14(2)37-24(38)36(13-32-37)20-4-3-16(10-19(20)26)18-9-17(11-30)21(31-12-18)35-7-5-15(6-8-35)22-33-34-23(39-22)25(27,28)29/h3-4,9-10,12-15H,5-8H2,1-2H3. The lowest BCUT2D eigenvalue weighted by Crippen LogP contribution is -2.34. The van der Waals surface area contributed by atoms with Gasteiger partial charge in [-0.1, -0.05) is 6.07 Å². The predicted molar refractivity (Wildman–Crippen MR) is 130 cm³/mol. The Kier molecular flexibility index (Phi) is 6.67. The summed E-state index contributed by atoms with van der Waals surface area (Å²) in [6.45, 7) is 4.42. The lowest BCUT2D eigenvalue weighted by Gasteiger charge is -2.31. The molecule has 0 N–H and O–H groups in total. The van der Waals surface area contributed by atoms with Gasteiger partial charge in [0, 0.05) is 30.8 Å². The second-order valence-corrected chi connectivity index (χ2v) is 9.40. The van der Waals surface area contributed by atoms with E-state index in [9.17, 15) is 23.2 Å². The monoisotopic (exact) mass is 542 g/mol. The molecule has 1 aliphatic heterocycles. The fourth-order valence-electron chi connectivity index (χ4n) is 4.52. The first kappa shape index (κ1) is 26.1. The van der Waals surface area contributed by atoms with Crippen molar-refractivity contribution in [3.8, 4) is 22.9 Å². The molecule has 0 aliphatic carbocycles. The van der Waals surface area contributed by atoms with Crippen LogP contribution in [0, 0.1) is 17.1 Å². The molecule has 0 radical (unpaired) electrons. The minimum Gasteiger partial charge on any atom is -0.417 e. The summed E-state index contributed by atoms with van der Waals surface area (Å²) in [5.74, 6) is -1.99. The number of halogens is 4. The molecule has 0 atom stereocenters. The zero-order chi connectivity index (χ0) is 27.9. The third kappa shape index (κ3) is 4.99. The topological polar surface area (TPSA) is 119 Å². The first-order valence-corrected chi connectivity index (χ1v) is 12.1. The number of alkyl halides is 3. The van der Waals surface area contributed by atoms with Crippen LogP contribution in [0.5, 0.6) is 0 Å². The zero-order valence-corrected chi connectivity index (χ0v) is 20.9. The van der Waals surface area contributed by atoms with Gasteiger partial charge in [-0.2, -0.15) is 23.5 Å². The minimum absolute atomic E-state index is 0.0483. The molecule has 0 saturated carbocycles. The van der Waals surface area contributed by atoms with Crippen molar-refractivity contribution in [3.05, 3.63) is 70.4 Å². The van der Waals surface area contributed by atoms with Crippen LogP contribution >= 0.6 is 0 Å².